The van der Waals surface area contributed by atoms with Crippen molar-refractivity contribution < 1.29 is 9.32 Å². The molecule has 0 spiro atoms. The molecule has 1 saturated heterocycles. The molecular formula is C16H15BrN6O2. The zero-order valence-corrected chi connectivity index (χ0v) is 15.0. The van der Waals surface area contributed by atoms with Crippen LogP contribution in [0.3, 0.4) is 0 Å². The summed E-state index contributed by atoms with van der Waals surface area (Å²) in [5.74, 6) is 0.927. The van der Waals surface area contributed by atoms with Gasteiger partial charge in [0.05, 0.1) is 12.2 Å². The maximum atomic E-state index is 12.6. The minimum atomic E-state index is 0.0247. The van der Waals surface area contributed by atoms with Crippen LogP contribution < -0.4 is 0 Å². The first-order valence-electron chi connectivity index (χ1n) is 7.87. The lowest BCUT2D eigenvalue weighted by Crippen LogP contribution is -2.29. The van der Waals surface area contributed by atoms with Crippen LogP contribution in [0.2, 0.25) is 0 Å². The van der Waals surface area contributed by atoms with Crippen LogP contribution in [0, 0.1) is 6.92 Å². The molecule has 2 aromatic heterocycles. The van der Waals surface area contributed by atoms with E-state index in [4.69, 9.17) is 4.52 Å². The van der Waals surface area contributed by atoms with Crippen molar-refractivity contribution in [2.45, 2.75) is 19.4 Å². The number of rotatable bonds is 3. The zero-order chi connectivity index (χ0) is 17.4. The number of aromatic nitrogens is 5. The van der Waals surface area contributed by atoms with Crippen molar-refractivity contribution in [3.05, 3.63) is 46.3 Å². The van der Waals surface area contributed by atoms with Crippen LogP contribution in [0.1, 0.15) is 28.6 Å². The Morgan fingerprint density at radius 3 is 3.04 bits per heavy atom. The summed E-state index contributed by atoms with van der Waals surface area (Å²) in [6, 6.07) is 7.51. The molecule has 1 aromatic carbocycles. The molecule has 9 heteroatoms. The van der Waals surface area contributed by atoms with Gasteiger partial charge in [-0.1, -0.05) is 32.4 Å². The van der Waals surface area contributed by atoms with Crippen molar-refractivity contribution in [1.29, 1.82) is 0 Å². The van der Waals surface area contributed by atoms with E-state index in [9.17, 15) is 4.79 Å². The van der Waals surface area contributed by atoms with E-state index in [0.717, 1.165) is 10.9 Å². The molecule has 0 radical (unpaired) electrons. The van der Waals surface area contributed by atoms with E-state index in [1.165, 1.54) is 0 Å². The molecule has 1 fully saturated rings. The van der Waals surface area contributed by atoms with Gasteiger partial charge in [-0.2, -0.15) is 4.98 Å². The number of carbonyl (C=O) groups excluding carboxylic acids is 1. The van der Waals surface area contributed by atoms with Crippen LogP contribution in [0.25, 0.3) is 11.6 Å². The van der Waals surface area contributed by atoms with E-state index in [1.807, 2.05) is 29.2 Å². The number of aryl methyl sites for hydroxylation is 1. The van der Waals surface area contributed by atoms with Crippen LogP contribution in [0.15, 0.2) is 39.5 Å². The SMILES string of the molecule is Cc1noc(-c2cn(C3CCN(C(=O)c4cccc(Br)c4)C3)nn2)n1. The molecule has 4 rings (SSSR count). The third kappa shape index (κ3) is 3.19. The van der Waals surface area contributed by atoms with Crippen molar-refractivity contribution in [1.82, 2.24) is 30.0 Å². The average Bonchev–Trinajstić information content (AvgIpc) is 3.33. The molecule has 0 N–H and O–H groups in total. The van der Waals surface area contributed by atoms with Crippen molar-refractivity contribution in [2.24, 2.45) is 0 Å². The second kappa shape index (κ2) is 6.40. The summed E-state index contributed by atoms with van der Waals surface area (Å²) in [4.78, 5) is 18.6. The van der Waals surface area contributed by atoms with Crippen molar-refractivity contribution in [3.8, 4) is 11.6 Å². The molecular weight excluding hydrogens is 388 g/mol. The Morgan fingerprint density at radius 1 is 1.40 bits per heavy atom. The van der Waals surface area contributed by atoms with Gasteiger partial charge in [0.15, 0.2) is 11.5 Å². The Balaban J connectivity index is 1.47. The predicted molar refractivity (Wildman–Crippen MR) is 91.8 cm³/mol. The third-order valence-electron chi connectivity index (χ3n) is 4.15. The lowest BCUT2D eigenvalue weighted by Gasteiger charge is -2.16. The van der Waals surface area contributed by atoms with Gasteiger partial charge in [0.1, 0.15) is 0 Å². The fourth-order valence-corrected chi connectivity index (χ4v) is 3.30. The quantitative estimate of drug-likeness (QED) is 0.668. The van der Waals surface area contributed by atoms with E-state index in [-0.39, 0.29) is 11.9 Å². The Labute approximate surface area is 151 Å². The summed E-state index contributed by atoms with van der Waals surface area (Å²) in [6.07, 6.45) is 2.61. The second-order valence-electron chi connectivity index (χ2n) is 5.93. The highest BCUT2D eigenvalue weighted by atomic mass is 79.9. The maximum Gasteiger partial charge on any atom is 0.280 e. The Kier molecular flexibility index (Phi) is 4.08. The highest BCUT2D eigenvalue weighted by Gasteiger charge is 2.29. The van der Waals surface area contributed by atoms with Gasteiger partial charge < -0.3 is 9.42 Å². The van der Waals surface area contributed by atoms with Gasteiger partial charge in [0.2, 0.25) is 0 Å². The van der Waals surface area contributed by atoms with Crippen molar-refractivity contribution in [3.63, 3.8) is 0 Å². The van der Waals surface area contributed by atoms with Crippen LogP contribution in [0.5, 0.6) is 0 Å². The fourth-order valence-electron chi connectivity index (χ4n) is 2.90. The minimum Gasteiger partial charge on any atom is -0.336 e. The molecule has 1 aliphatic rings. The highest BCUT2D eigenvalue weighted by molar-refractivity contribution is 9.10. The molecule has 1 amide bonds. The highest BCUT2D eigenvalue weighted by Crippen LogP contribution is 2.25. The number of amides is 1. The first-order chi connectivity index (χ1) is 12.1. The largest absolute Gasteiger partial charge is 0.336 e. The molecule has 3 aromatic rings. The van der Waals surface area contributed by atoms with Gasteiger partial charge in [0, 0.05) is 23.1 Å². The molecule has 8 nitrogen and oxygen atoms in total. The van der Waals surface area contributed by atoms with E-state index >= 15 is 0 Å². The van der Waals surface area contributed by atoms with Crippen LogP contribution in [-0.4, -0.2) is 49.0 Å². The number of carbonyl (C=O) groups is 1. The molecule has 1 atom stereocenters. The number of hydrogen-bond acceptors (Lipinski definition) is 6. The molecule has 25 heavy (non-hydrogen) atoms. The zero-order valence-electron chi connectivity index (χ0n) is 13.5. The first-order valence-corrected chi connectivity index (χ1v) is 8.67. The average molecular weight is 403 g/mol. The second-order valence-corrected chi connectivity index (χ2v) is 6.85. The van der Waals surface area contributed by atoms with Crippen LogP contribution in [-0.2, 0) is 0 Å². The Hall–Kier alpha value is -2.55. The molecule has 0 bridgehead atoms. The van der Waals surface area contributed by atoms with Crippen molar-refractivity contribution in [2.75, 3.05) is 13.1 Å². The van der Waals surface area contributed by atoms with E-state index < -0.39 is 0 Å². The molecule has 1 unspecified atom stereocenters. The van der Waals surface area contributed by atoms with Crippen LogP contribution in [0.4, 0.5) is 0 Å². The van der Waals surface area contributed by atoms with Gasteiger partial charge in [-0.25, -0.2) is 4.68 Å². The normalized spacial score (nSPS) is 17.2. The number of halogens is 1. The summed E-state index contributed by atoms with van der Waals surface area (Å²) >= 11 is 3.40. The summed E-state index contributed by atoms with van der Waals surface area (Å²) in [5.41, 5.74) is 1.22. The number of nitrogens with zero attached hydrogens (tertiary/aromatic N) is 6. The molecule has 1 aliphatic heterocycles. The maximum absolute atomic E-state index is 12.6. The van der Waals surface area contributed by atoms with Gasteiger partial charge in [-0.05, 0) is 31.5 Å². The predicted octanol–water partition coefficient (Wildman–Crippen LogP) is 2.49. The summed E-state index contributed by atoms with van der Waals surface area (Å²) in [5, 5.41) is 12.0. The molecule has 3 heterocycles. The topological polar surface area (TPSA) is 89.9 Å². The first kappa shape index (κ1) is 15.9. The van der Waals surface area contributed by atoms with Gasteiger partial charge in [-0.3, -0.25) is 4.79 Å². The van der Waals surface area contributed by atoms with Crippen molar-refractivity contribution >= 4 is 21.8 Å². The smallest absolute Gasteiger partial charge is 0.280 e. The Morgan fingerprint density at radius 2 is 2.28 bits per heavy atom. The Bertz CT molecular complexity index is 921. The summed E-state index contributed by atoms with van der Waals surface area (Å²) in [7, 11) is 0. The molecule has 128 valence electrons. The molecule has 0 aliphatic carbocycles. The lowest BCUT2D eigenvalue weighted by molar-refractivity contribution is 0.0787. The number of hydrogen-bond donors (Lipinski definition) is 0. The van der Waals surface area contributed by atoms with Gasteiger partial charge in [-0.15, -0.1) is 5.10 Å². The van der Waals surface area contributed by atoms with E-state index in [0.29, 0.717) is 36.1 Å². The number of benzene rings is 1. The summed E-state index contributed by atoms with van der Waals surface area (Å²) < 4.78 is 7.77. The molecule has 0 saturated carbocycles. The fraction of sp³-hybridized carbons (Fsp3) is 0.312. The van der Waals surface area contributed by atoms with Gasteiger partial charge in [0.25, 0.3) is 11.8 Å². The lowest BCUT2D eigenvalue weighted by atomic mass is 10.2. The number of likely N-dealkylation sites (tertiary alicyclic amines) is 1. The van der Waals surface area contributed by atoms with E-state index in [2.05, 4.69) is 36.4 Å². The third-order valence-corrected chi connectivity index (χ3v) is 4.65. The van der Waals surface area contributed by atoms with Crippen LogP contribution >= 0.6 is 15.9 Å². The van der Waals surface area contributed by atoms with E-state index in [1.54, 1.807) is 17.8 Å². The monoisotopic (exact) mass is 402 g/mol. The summed E-state index contributed by atoms with van der Waals surface area (Å²) in [6.45, 7) is 3.03. The standard InChI is InChI=1S/C16H15BrN6O2/c1-10-18-15(25-20-10)14-9-23(21-19-14)13-5-6-22(8-13)16(24)11-3-2-4-12(17)7-11/h2-4,7,9,13H,5-6,8H2,1H3. The minimum absolute atomic E-state index is 0.0247. The van der Waals surface area contributed by atoms with Gasteiger partial charge >= 0.3 is 0 Å².